The number of nitrogens with one attached hydrogen (secondary N) is 1. The molecular formula is C8H16KNO2. The summed E-state index contributed by atoms with van der Waals surface area (Å²) in [6.45, 7) is 0.116. The van der Waals surface area contributed by atoms with Crippen LogP contribution < -0.4 is 56.7 Å². The van der Waals surface area contributed by atoms with Crippen LogP contribution >= 0.6 is 0 Å². The fourth-order valence-corrected chi connectivity index (χ4v) is 1.54. The van der Waals surface area contributed by atoms with Gasteiger partial charge in [-0.05, 0) is 12.8 Å². The molecule has 1 aliphatic carbocycles. The third kappa shape index (κ3) is 5.67. The minimum absolute atomic E-state index is 0. The summed E-state index contributed by atoms with van der Waals surface area (Å²) < 4.78 is 0. The molecule has 3 nitrogen and oxygen atoms in total. The minimum atomic E-state index is -0.754. The van der Waals surface area contributed by atoms with Crippen LogP contribution in [-0.4, -0.2) is 23.7 Å². The molecule has 0 heterocycles. The maximum Gasteiger partial charge on any atom is 1.00 e. The summed E-state index contributed by atoms with van der Waals surface area (Å²) in [6.07, 6.45) is 6.10. The maximum absolute atomic E-state index is 10.2. The van der Waals surface area contributed by atoms with Gasteiger partial charge in [-0.25, -0.2) is 0 Å². The van der Waals surface area contributed by atoms with Crippen molar-refractivity contribution in [3.63, 3.8) is 0 Å². The Morgan fingerprint density at radius 1 is 1.42 bits per heavy atom. The van der Waals surface area contributed by atoms with Crippen molar-refractivity contribution in [1.82, 2.24) is 5.32 Å². The SMILES string of the molecule is O=C(O)CNC1CCCCC1.[H-].[K+]. The zero-order valence-corrected chi connectivity index (χ0v) is 10.8. The van der Waals surface area contributed by atoms with E-state index >= 15 is 0 Å². The number of aliphatic carboxylic acids is 1. The van der Waals surface area contributed by atoms with Gasteiger partial charge in [0.15, 0.2) is 0 Å². The molecular weight excluding hydrogens is 181 g/mol. The van der Waals surface area contributed by atoms with Crippen molar-refractivity contribution in [2.45, 2.75) is 38.1 Å². The van der Waals surface area contributed by atoms with Crippen LogP contribution in [0.5, 0.6) is 0 Å². The number of rotatable bonds is 3. The van der Waals surface area contributed by atoms with E-state index in [4.69, 9.17) is 5.11 Å². The summed E-state index contributed by atoms with van der Waals surface area (Å²) in [5.41, 5.74) is 0. The summed E-state index contributed by atoms with van der Waals surface area (Å²) in [7, 11) is 0. The number of hydrogen-bond acceptors (Lipinski definition) is 2. The van der Waals surface area contributed by atoms with E-state index in [9.17, 15) is 4.79 Å². The Morgan fingerprint density at radius 2 is 2.00 bits per heavy atom. The minimum Gasteiger partial charge on any atom is -1.00 e. The molecule has 0 aromatic rings. The Balaban J connectivity index is 0. The molecule has 0 saturated heterocycles. The average Bonchev–Trinajstić information content (AvgIpc) is 2.03. The third-order valence-electron chi connectivity index (χ3n) is 2.15. The monoisotopic (exact) mass is 197 g/mol. The normalized spacial score (nSPS) is 18.3. The summed E-state index contributed by atoms with van der Waals surface area (Å²) in [5.74, 6) is -0.754. The van der Waals surface area contributed by atoms with Crippen molar-refractivity contribution < 1.29 is 62.7 Å². The van der Waals surface area contributed by atoms with Crippen LogP contribution in [0.1, 0.15) is 33.5 Å². The Labute approximate surface area is 117 Å². The first-order valence-electron chi connectivity index (χ1n) is 4.24. The molecule has 0 unspecified atom stereocenters. The van der Waals surface area contributed by atoms with E-state index in [1.807, 2.05) is 0 Å². The molecule has 66 valence electrons. The van der Waals surface area contributed by atoms with Crippen molar-refractivity contribution in [2.24, 2.45) is 0 Å². The van der Waals surface area contributed by atoms with Gasteiger partial charge in [0.1, 0.15) is 0 Å². The van der Waals surface area contributed by atoms with E-state index in [-0.39, 0.29) is 59.4 Å². The van der Waals surface area contributed by atoms with E-state index in [0.29, 0.717) is 6.04 Å². The van der Waals surface area contributed by atoms with E-state index in [1.54, 1.807) is 0 Å². The number of carbonyl (C=O) groups is 1. The predicted octanol–water partition coefficient (Wildman–Crippen LogP) is -1.89. The molecule has 1 saturated carbocycles. The van der Waals surface area contributed by atoms with Crippen LogP contribution in [0.25, 0.3) is 0 Å². The first-order valence-corrected chi connectivity index (χ1v) is 4.24. The fourth-order valence-electron chi connectivity index (χ4n) is 1.54. The molecule has 0 radical (unpaired) electrons. The zero-order valence-electron chi connectivity index (χ0n) is 8.68. The molecule has 0 aromatic carbocycles. The predicted molar refractivity (Wildman–Crippen MR) is 43.6 cm³/mol. The summed E-state index contributed by atoms with van der Waals surface area (Å²) in [5, 5.41) is 11.4. The zero-order chi connectivity index (χ0) is 8.10. The Hall–Kier alpha value is 1.07. The van der Waals surface area contributed by atoms with Gasteiger partial charge in [-0.2, -0.15) is 0 Å². The first kappa shape index (κ1) is 13.1. The molecule has 12 heavy (non-hydrogen) atoms. The van der Waals surface area contributed by atoms with Crippen LogP contribution in [0.4, 0.5) is 0 Å². The van der Waals surface area contributed by atoms with Crippen LogP contribution in [0.2, 0.25) is 0 Å². The quantitative estimate of drug-likeness (QED) is 0.520. The first-order chi connectivity index (χ1) is 5.29. The Bertz CT molecular complexity index is 140. The number of hydrogen-bond donors (Lipinski definition) is 2. The number of carboxylic acids is 1. The molecule has 0 amide bonds. The molecule has 1 rings (SSSR count). The second kappa shape index (κ2) is 7.47. The van der Waals surface area contributed by atoms with Gasteiger partial charge < -0.3 is 11.8 Å². The topological polar surface area (TPSA) is 49.3 Å². The van der Waals surface area contributed by atoms with Gasteiger partial charge in [-0.15, -0.1) is 0 Å². The standard InChI is InChI=1S/C8H15NO2.K.H/c10-8(11)6-9-7-4-2-1-3-5-7;;/h7,9H,1-6H2,(H,10,11);;/q;+1;-1. The largest absolute Gasteiger partial charge is 1.00 e. The second-order valence-corrected chi connectivity index (χ2v) is 3.11. The van der Waals surface area contributed by atoms with Gasteiger partial charge in [-0.3, -0.25) is 4.79 Å². The van der Waals surface area contributed by atoms with E-state index < -0.39 is 5.97 Å². The summed E-state index contributed by atoms with van der Waals surface area (Å²) in [4.78, 5) is 10.2. The maximum atomic E-state index is 10.2. The third-order valence-corrected chi connectivity index (χ3v) is 2.15. The molecule has 1 aliphatic rings. The fraction of sp³-hybridized carbons (Fsp3) is 0.875. The van der Waals surface area contributed by atoms with Crippen molar-refractivity contribution in [3.05, 3.63) is 0 Å². The second-order valence-electron chi connectivity index (χ2n) is 3.11. The van der Waals surface area contributed by atoms with Gasteiger partial charge in [-0.1, -0.05) is 19.3 Å². The molecule has 0 aliphatic heterocycles. The average molecular weight is 197 g/mol. The molecule has 0 atom stereocenters. The van der Waals surface area contributed by atoms with Gasteiger partial charge >= 0.3 is 57.4 Å². The number of carboxylic acid groups (broad SMARTS) is 1. The summed E-state index contributed by atoms with van der Waals surface area (Å²) >= 11 is 0. The smallest absolute Gasteiger partial charge is 1.00 e. The Morgan fingerprint density at radius 3 is 2.50 bits per heavy atom. The molecule has 0 spiro atoms. The Kier molecular flexibility index (Phi) is 8.13. The van der Waals surface area contributed by atoms with Crippen LogP contribution in [-0.2, 0) is 4.79 Å². The van der Waals surface area contributed by atoms with Crippen LogP contribution in [0.15, 0.2) is 0 Å². The summed E-state index contributed by atoms with van der Waals surface area (Å²) in [6, 6.07) is 0.458. The van der Waals surface area contributed by atoms with Crippen molar-refractivity contribution >= 4 is 5.97 Å². The van der Waals surface area contributed by atoms with E-state index in [2.05, 4.69) is 5.32 Å². The van der Waals surface area contributed by atoms with E-state index in [1.165, 1.54) is 19.3 Å². The van der Waals surface area contributed by atoms with Crippen LogP contribution in [0.3, 0.4) is 0 Å². The molecule has 1 fully saturated rings. The van der Waals surface area contributed by atoms with Gasteiger partial charge in [0.05, 0.1) is 6.54 Å². The molecule has 0 bridgehead atoms. The molecule has 2 N–H and O–H groups in total. The van der Waals surface area contributed by atoms with Crippen molar-refractivity contribution in [1.29, 1.82) is 0 Å². The van der Waals surface area contributed by atoms with Crippen molar-refractivity contribution in [3.8, 4) is 0 Å². The van der Waals surface area contributed by atoms with Crippen molar-refractivity contribution in [2.75, 3.05) is 6.54 Å². The van der Waals surface area contributed by atoms with E-state index in [0.717, 1.165) is 12.8 Å². The molecule has 4 heteroatoms. The van der Waals surface area contributed by atoms with Gasteiger partial charge in [0, 0.05) is 6.04 Å². The van der Waals surface area contributed by atoms with Gasteiger partial charge in [0.2, 0.25) is 0 Å². The molecule has 0 aromatic heterocycles. The van der Waals surface area contributed by atoms with Crippen LogP contribution in [0, 0.1) is 0 Å². The van der Waals surface area contributed by atoms with Gasteiger partial charge in [0.25, 0.3) is 0 Å².